The molecule has 1 saturated heterocycles. The summed E-state index contributed by atoms with van der Waals surface area (Å²) >= 11 is 6.30. The number of hydrogen-bond acceptors (Lipinski definition) is 7. The third-order valence-electron chi connectivity index (χ3n) is 6.18. The summed E-state index contributed by atoms with van der Waals surface area (Å²) < 4.78 is 24.5. The van der Waals surface area contributed by atoms with Gasteiger partial charge in [-0.05, 0) is 56.7 Å². The van der Waals surface area contributed by atoms with Crippen LogP contribution in [0.2, 0.25) is 5.02 Å². The van der Waals surface area contributed by atoms with Crippen molar-refractivity contribution in [3.8, 4) is 5.88 Å². The Morgan fingerprint density at radius 1 is 1.24 bits per heavy atom. The predicted molar refractivity (Wildman–Crippen MR) is 130 cm³/mol. The average molecular weight is 478 g/mol. The molecule has 4 rings (SSSR count). The lowest BCUT2D eigenvalue weighted by Crippen LogP contribution is -2.37. The molecule has 7 nitrogen and oxygen atoms in total. The molecule has 33 heavy (non-hydrogen) atoms. The van der Waals surface area contributed by atoms with E-state index < -0.39 is 6.17 Å². The van der Waals surface area contributed by atoms with Gasteiger partial charge < -0.3 is 25.0 Å². The van der Waals surface area contributed by atoms with E-state index in [0.717, 1.165) is 63.4 Å². The van der Waals surface area contributed by atoms with Crippen molar-refractivity contribution in [1.82, 2.24) is 15.3 Å². The smallest absolute Gasteiger partial charge is 0.237 e. The molecule has 0 radical (unpaired) electrons. The lowest BCUT2D eigenvalue weighted by Gasteiger charge is -2.29. The third kappa shape index (κ3) is 7.16. The minimum atomic E-state index is -0.810. The number of anilines is 3. The van der Waals surface area contributed by atoms with Gasteiger partial charge in [0, 0.05) is 37.1 Å². The van der Waals surface area contributed by atoms with Crippen molar-refractivity contribution in [2.75, 3.05) is 49.7 Å². The Labute approximate surface area is 200 Å². The first-order valence-corrected chi connectivity index (χ1v) is 12.2. The van der Waals surface area contributed by atoms with E-state index >= 15 is 0 Å². The van der Waals surface area contributed by atoms with Gasteiger partial charge in [-0.1, -0.05) is 17.7 Å². The topological polar surface area (TPSA) is 71.5 Å². The summed E-state index contributed by atoms with van der Waals surface area (Å²) in [7, 11) is 0. The molecule has 2 aliphatic rings. The number of hydrogen-bond donors (Lipinski definition) is 2. The molecule has 9 heteroatoms. The number of halogens is 2. The molecular formula is C24H33ClFN5O2. The molecular weight excluding hydrogens is 445 g/mol. The first-order valence-electron chi connectivity index (χ1n) is 11.8. The number of morpholine rings is 1. The van der Waals surface area contributed by atoms with Crippen molar-refractivity contribution in [2.45, 2.75) is 44.8 Å². The van der Waals surface area contributed by atoms with Crippen molar-refractivity contribution < 1.29 is 13.9 Å². The molecule has 1 saturated carbocycles. The molecule has 1 aliphatic heterocycles. The molecule has 1 aromatic heterocycles. The van der Waals surface area contributed by atoms with Crippen LogP contribution in [-0.2, 0) is 4.74 Å². The summed E-state index contributed by atoms with van der Waals surface area (Å²) in [6.45, 7) is 5.82. The SMILES string of the molecule is CC(F)CN[C@H]1CC[C@H](COc2nc(Nc3cccc(N4CCOCC4)c3)ncc2Cl)CC1. The largest absolute Gasteiger partial charge is 0.476 e. The molecule has 2 aromatic rings. The standard InChI is InChI=1S/C24H33ClFN5O2/c1-17(26)14-27-19-7-5-18(6-8-19)16-33-23-22(25)15-28-24(30-23)29-20-3-2-4-21(13-20)31-9-11-32-12-10-31/h2-4,13,15,17-19,27H,5-12,14,16H2,1H3,(H,28,29,30)/t17?,18-,19-. The van der Waals surface area contributed by atoms with E-state index in [2.05, 4.69) is 37.6 Å². The van der Waals surface area contributed by atoms with E-state index in [9.17, 15) is 4.39 Å². The molecule has 0 amide bonds. The molecule has 0 bridgehead atoms. The number of nitrogens with zero attached hydrogens (tertiary/aromatic N) is 3. The molecule has 180 valence electrons. The van der Waals surface area contributed by atoms with Gasteiger partial charge in [0.2, 0.25) is 11.8 Å². The molecule has 1 atom stereocenters. The summed E-state index contributed by atoms with van der Waals surface area (Å²) in [5.41, 5.74) is 2.04. The number of rotatable bonds is 9. The summed E-state index contributed by atoms with van der Waals surface area (Å²) in [6.07, 6.45) is 4.91. The van der Waals surface area contributed by atoms with Gasteiger partial charge in [-0.25, -0.2) is 9.37 Å². The highest BCUT2D eigenvalue weighted by Crippen LogP contribution is 2.29. The summed E-state index contributed by atoms with van der Waals surface area (Å²) in [4.78, 5) is 11.1. The summed E-state index contributed by atoms with van der Waals surface area (Å²) in [6, 6.07) is 8.57. The highest BCUT2D eigenvalue weighted by Gasteiger charge is 2.22. The van der Waals surface area contributed by atoms with Crippen molar-refractivity contribution in [1.29, 1.82) is 0 Å². The maximum Gasteiger partial charge on any atom is 0.237 e. The fraction of sp³-hybridized carbons (Fsp3) is 0.583. The second-order valence-corrected chi connectivity index (χ2v) is 9.25. The van der Waals surface area contributed by atoms with Crippen LogP contribution in [0.4, 0.5) is 21.7 Å². The summed E-state index contributed by atoms with van der Waals surface area (Å²) in [5, 5.41) is 6.96. The van der Waals surface area contributed by atoms with Crippen LogP contribution in [0, 0.1) is 5.92 Å². The minimum Gasteiger partial charge on any atom is -0.476 e. The predicted octanol–water partition coefficient (Wildman–Crippen LogP) is 4.60. The molecule has 1 unspecified atom stereocenters. The van der Waals surface area contributed by atoms with Crippen molar-refractivity contribution in [2.24, 2.45) is 5.92 Å². The first-order chi connectivity index (χ1) is 16.1. The van der Waals surface area contributed by atoms with Gasteiger partial charge >= 0.3 is 0 Å². The lowest BCUT2D eigenvalue weighted by atomic mass is 9.86. The molecule has 1 aliphatic carbocycles. The number of aromatic nitrogens is 2. The maximum atomic E-state index is 13.0. The molecule has 2 heterocycles. The average Bonchev–Trinajstić information content (AvgIpc) is 2.84. The van der Waals surface area contributed by atoms with Gasteiger partial charge in [0.25, 0.3) is 0 Å². The fourth-order valence-corrected chi connectivity index (χ4v) is 4.45. The van der Waals surface area contributed by atoms with E-state index in [0.29, 0.717) is 42.0 Å². The number of alkyl halides is 1. The Morgan fingerprint density at radius 2 is 2.03 bits per heavy atom. The van der Waals surface area contributed by atoms with Crippen LogP contribution < -0.4 is 20.3 Å². The van der Waals surface area contributed by atoms with Gasteiger partial charge in [-0.15, -0.1) is 0 Å². The zero-order chi connectivity index (χ0) is 23.0. The van der Waals surface area contributed by atoms with Crippen molar-refractivity contribution in [3.05, 3.63) is 35.5 Å². The van der Waals surface area contributed by atoms with Gasteiger partial charge in [0.05, 0.1) is 26.0 Å². The lowest BCUT2D eigenvalue weighted by molar-refractivity contribution is 0.122. The van der Waals surface area contributed by atoms with Gasteiger partial charge in [0.15, 0.2) is 0 Å². The Hall–Kier alpha value is -2.16. The van der Waals surface area contributed by atoms with Crippen LogP contribution >= 0.6 is 11.6 Å². The highest BCUT2D eigenvalue weighted by molar-refractivity contribution is 6.31. The normalized spacial score (nSPS) is 22.1. The van der Waals surface area contributed by atoms with Crippen molar-refractivity contribution in [3.63, 3.8) is 0 Å². The second kappa shape index (κ2) is 11.8. The van der Waals surface area contributed by atoms with Crippen LogP contribution in [0.25, 0.3) is 0 Å². The van der Waals surface area contributed by atoms with Gasteiger partial charge in [0.1, 0.15) is 11.2 Å². The zero-order valence-electron chi connectivity index (χ0n) is 19.1. The van der Waals surface area contributed by atoms with Crippen LogP contribution in [0.1, 0.15) is 32.6 Å². The van der Waals surface area contributed by atoms with Crippen LogP contribution in [0.5, 0.6) is 5.88 Å². The Balaban J connectivity index is 1.30. The van der Waals surface area contributed by atoms with Crippen LogP contribution in [-0.4, -0.2) is 61.6 Å². The second-order valence-electron chi connectivity index (χ2n) is 8.84. The monoisotopic (exact) mass is 477 g/mol. The number of ether oxygens (including phenoxy) is 2. The van der Waals surface area contributed by atoms with Gasteiger partial charge in [-0.3, -0.25) is 0 Å². The Morgan fingerprint density at radius 3 is 2.79 bits per heavy atom. The third-order valence-corrected chi connectivity index (χ3v) is 6.44. The fourth-order valence-electron chi connectivity index (χ4n) is 4.30. The highest BCUT2D eigenvalue weighted by atomic mass is 35.5. The molecule has 1 aromatic carbocycles. The number of nitrogens with one attached hydrogen (secondary N) is 2. The Kier molecular flexibility index (Phi) is 8.58. The number of benzene rings is 1. The molecule has 2 N–H and O–H groups in total. The van der Waals surface area contributed by atoms with E-state index in [1.54, 1.807) is 13.1 Å². The van der Waals surface area contributed by atoms with E-state index in [1.165, 1.54) is 0 Å². The first kappa shape index (κ1) is 24.0. The van der Waals surface area contributed by atoms with Crippen molar-refractivity contribution >= 4 is 28.9 Å². The Bertz CT molecular complexity index is 889. The zero-order valence-corrected chi connectivity index (χ0v) is 19.9. The minimum absolute atomic E-state index is 0.394. The van der Waals surface area contributed by atoms with Crippen LogP contribution in [0.15, 0.2) is 30.5 Å². The molecule has 2 fully saturated rings. The van der Waals surface area contributed by atoms with Crippen LogP contribution in [0.3, 0.4) is 0 Å². The maximum absolute atomic E-state index is 13.0. The quantitative estimate of drug-likeness (QED) is 0.547. The van der Waals surface area contributed by atoms with E-state index in [1.807, 2.05) is 12.1 Å². The van der Waals surface area contributed by atoms with E-state index in [4.69, 9.17) is 21.1 Å². The van der Waals surface area contributed by atoms with E-state index in [-0.39, 0.29) is 0 Å². The van der Waals surface area contributed by atoms with Gasteiger partial charge in [-0.2, -0.15) is 4.98 Å². The molecule has 0 spiro atoms. The summed E-state index contributed by atoms with van der Waals surface area (Å²) in [5.74, 6) is 1.28.